The number of rotatable bonds is 6. The number of hydrogen-bond acceptors (Lipinski definition) is 5. The van der Waals surface area contributed by atoms with E-state index in [0.717, 1.165) is 18.8 Å². The van der Waals surface area contributed by atoms with E-state index in [9.17, 15) is 0 Å². The lowest BCUT2D eigenvalue weighted by Crippen LogP contribution is -2.26. The Morgan fingerprint density at radius 1 is 1.43 bits per heavy atom. The van der Waals surface area contributed by atoms with Crippen LogP contribution in [0.2, 0.25) is 0 Å². The highest BCUT2D eigenvalue weighted by Gasteiger charge is 2.16. The molecule has 0 aliphatic rings. The van der Waals surface area contributed by atoms with Crippen molar-refractivity contribution in [1.82, 2.24) is 9.88 Å². The first-order chi connectivity index (χ1) is 9.63. The average Bonchev–Trinajstić information content (AvgIpc) is 2.89. The third-order valence-electron chi connectivity index (χ3n) is 3.46. The summed E-state index contributed by atoms with van der Waals surface area (Å²) in [6.45, 7) is 6.21. The zero-order valence-corrected chi connectivity index (χ0v) is 14.2. The second-order valence-electron chi connectivity index (χ2n) is 4.68. The maximum Gasteiger partial charge on any atom is 0.180 e. The summed E-state index contributed by atoms with van der Waals surface area (Å²) in [6, 6.07) is 8.54. The van der Waals surface area contributed by atoms with Crippen LogP contribution in [-0.2, 0) is 6.54 Å². The maximum atomic E-state index is 5.69. The second kappa shape index (κ2) is 8.22. The minimum absolute atomic E-state index is 0. The molecule has 2 N–H and O–H groups in total. The summed E-state index contributed by atoms with van der Waals surface area (Å²) in [5.41, 5.74) is 6.95. The molecule has 0 aliphatic heterocycles. The number of nitrogens with zero attached hydrogens (tertiary/aromatic N) is 2. The van der Waals surface area contributed by atoms with Crippen LogP contribution in [0.3, 0.4) is 0 Å². The molecule has 1 unspecified atom stereocenters. The minimum Gasteiger partial charge on any atom is -0.497 e. The van der Waals surface area contributed by atoms with Gasteiger partial charge in [-0.15, -0.1) is 23.7 Å². The lowest BCUT2D eigenvalue weighted by Gasteiger charge is -2.27. The number of methoxy groups -OCH3 is 1. The fourth-order valence-electron chi connectivity index (χ4n) is 2.23. The molecule has 116 valence electrons. The Morgan fingerprint density at radius 3 is 2.76 bits per heavy atom. The highest BCUT2D eigenvalue weighted by molar-refractivity contribution is 7.15. The van der Waals surface area contributed by atoms with Crippen molar-refractivity contribution in [1.29, 1.82) is 0 Å². The van der Waals surface area contributed by atoms with E-state index in [1.165, 1.54) is 10.4 Å². The van der Waals surface area contributed by atoms with Crippen LogP contribution in [-0.4, -0.2) is 23.5 Å². The molecule has 1 aromatic heterocycles. The fraction of sp³-hybridized carbons (Fsp3) is 0.400. The summed E-state index contributed by atoms with van der Waals surface area (Å²) in [6.07, 6.45) is 1.86. The summed E-state index contributed by atoms with van der Waals surface area (Å²) in [7, 11) is 1.70. The van der Waals surface area contributed by atoms with Crippen LogP contribution < -0.4 is 10.5 Å². The zero-order valence-electron chi connectivity index (χ0n) is 12.6. The molecule has 0 amide bonds. The van der Waals surface area contributed by atoms with Gasteiger partial charge < -0.3 is 10.5 Å². The molecule has 0 radical (unpaired) electrons. The first kappa shape index (κ1) is 17.8. The quantitative estimate of drug-likeness (QED) is 0.878. The Hall–Kier alpha value is -1.30. The van der Waals surface area contributed by atoms with Gasteiger partial charge in [-0.1, -0.05) is 19.1 Å². The number of benzene rings is 1. The SMILES string of the molecule is CCN(Cc1cnc(N)s1)C(C)c1cccc(OC)c1.Cl. The average molecular weight is 328 g/mol. The molecule has 0 saturated heterocycles. The van der Waals surface area contributed by atoms with E-state index < -0.39 is 0 Å². The molecule has 1 atom stereocenters. The van der Waals surface area contributed by atoms with Crippen LogP contribution in [0.25, 0.3) is 0 Å². The van der Waals surface area contributed by atoms with Gasteiger partial charge in [0.2, 0.25) is 0 Å². The molecule has 0 aliphatic carbocycles. The molecule has 0 fully saturated rings. The minimum atomic E-state index is 0. The Bertz CT molecular complexity index is 561. The molecule has 1 heterocycles. The molecule has 2 rings (SSSR count). The van der Waals surface area contributed by atoms with E-state index in [1.807, 2.05) is 18.3 Å². The van der Waals surface area contributed by atoms with Crippen molar-refractivity contribution < 1.29 is 4.74 Å². The van der Waals surface area contributed by atoms with E-state index in [2.05, 4.69) is 35.9 Å². The summed E-state index contributed by atoms with van der Waals surface area (Å²) >= 11 is 1.55. The van der Waals surface area contributed by atoms with Gasteiger partial charge in [-0.2, -0.15) is 0 Å². The van der Waals surface area contributed by atoms with Gasteiger partial charge in [-0.25, -0.2) is 4.98 Å². The number of halogens is 1. The number of nitrogens with two attached hydrogens (primary N) is 1. The molecular formula is C15H22ClN3OS. The number of nitrogen functional groups attached to an aromatic ring is 1. The van der Waals surface area contributed by atoms with Crippen molar-refractivity contribution in [2.75, 3.05) is 19.4 Å². The van der Waals surface area contributed by atoms with Crippen LogP contribution in [0.1, 0.15) is 30.3 Å². The van der Waals surface area contributed by atoms with E-state index in [1.54, 1.807) is 18.4 Å². The summed E-state index contributed by atoms with van der Waals surface area (Å²) in [5.74, 6) is 0.896. The molecule has 2 aromatic rings. The molecule has 0 spiro atoms. The van der Waals surface area contributed by atoms with Gasteiger partial charge in [0.05, 0.1) is 7.11 Å². The van der Waals surface area contributed by atoms with Crippen molar-refractivity contribution in [2.45, 2.75) is 26.4 Å². The standard InChI is InChI=1S/C15H21N3OS.ClH/c1-4-18(10-14-9-17-15(16)20-14)11(2)12-6-5-7-13(8-12)19-3;/h5-9,11H,4,10H2,1-3H3,(H2,16,17);1H. The van der Waals surface area contributed by atoms with Crippen LogP contribution in [0.15, 0.2) is 30.5 Å². The van der Waals surface area contributed by atoms with Gasteiger partial charge in [-0.3, -0.25) is 4.90 Å². The molecular weight excluding hydrogens is 306 g/mol. The van der Waals surface area contributed by atoms with Crippen LogP contribution in [0.5, 0.6) is 5.75 Å². The number of anilines is 1. The van der Waals surface area contributed by atoms with Crippen molar-refractivity contribution in [3.05, 3.63) is 40.9 Å². The first-order valence-corrected chi connectivity index (χ1v) is 7.53. The van der Waals surface area contributed by atoms with Gasteiger partial charge in [0.15, 0.2) is 5.13 Å². The lowest BCUT2D eigenvalue weighted by molar-refractivity contribution is 0.214. The monoisotopic (exact) mass is 327 g/mol. The van der Waals surface area contributed by atoms with Gasteiger partial charge in [-0.05, 0) is 31.2 Å². The van der Waals surface area contributed by atoms with Crippen LogP contribution in [0, 0.1) is 0 Å². The highest BCUT2D eigenvalue weighted by Crippen LogP contribution is 2.26. The normalized spacial score (nSPS) is 12.0. The predicted octanol–water partition coefficient (Wildman–Crippen LogP) is 3.74. The third kappa shape index (κ3) is 4.59. The van der Waals surface area contributed by atoms with Crippen LogP contribution >= 0.6 is 23.7 Å². The number of aromatic nitrogens is 1. The largest absolute Gasteiger partial charge is 0.497 e. The summed E-state index contributed by atoms with van der Waals surface area (Å²) in [5, 5.41) is 0.630. The molecule has 4 nitrogen and oxygen atoms in total. The first-order valence-electron chi connectivity index (χ1n) is 6.72. The molecule has 6 heteroatoms. The fourth-order valence-corrected chi connectivity index (χ4v) is 2.94. The van der Waals surface area contributed by atoms with Gasteiger partial charge in [0, 0.05) is 23.7 Å². The molecule has 0 bridgehead atoms. The third-order valence-corrected chi connectivity index (χ3v) is 4.27. The number of thiazole rings is 1. The second-order valence-corrected chi connectivity index (χ2v) is 5.83. The molecule has 1 aromatic carbocycles. The van der Waals surface area contributed by atoms with E-state index >= 15 is 0 Å². The van der Waals surface area contributed by atoms with Gasteiger partial charge in [0.25, 0.3) is 0 Å². The smallest absolute Gasteiger partial charge is 0.180 e. The Morgan fingerprint density at radius 2 is 2.19 bits per heavy atom. The Labute approximate surface area is 136 Å². The van der Waals surface area contributed by atoms with Crippen molar-refractivity contribution in [3.63, 3.8) is 0 Å². The van der Waals surface area contributed by atoms with Crippen molar-refractivity contribution in [2.24, 2.45) is 0 Å². The zero-order chi connectivity index (χ0) is 14.5. The van der Waals surface area contributed by atoms with E-state index in [0.29, 0.717) is 11.2 Å². The van der Waals surface area contributed by atoms with E-state index in [-0.39, 0.29) is 12.4 Å². The summed E-state index contributed by atoms with van der Waals surface area (Å²) in [4.78, 5) is 7.70. The van der Waals surface area contributed by atoms with Crippen LogP contribution in [0.4, 0.5) is 5.13 Å². The molecule has 21 heavy (non-hydrogen) atoms. The molecule has 0 saturated carbocycles. The maximum absolute atomic E-state index is 5.69. The number of ether oxygens (including phenoxy) is 1. The van der Waals surface area contributed by atoms with Gasteiger partial charge in [0.1, 0.15) is 5.75 Å². The van der Waals surface area contributed by atoms with Gasteiger partial charge >= 0.3 is 0 Å². The summed E-state index contributed by atoms with van der Waals surface area (Å²) < 4.78 is 5.30. The number of hydrogen-bond donors (Lipinski definition) is 1. The topological polar surface area (TPSA) is 51.4 Å². The Balaban J connectivity index is 0.00000220. The lowest BCUT2D eigenvalue weighted by atomic mass is 10.1. The predicted molar refractivity (Wildman–Crippen MR) is 91.3 cm³/mol. The Kier molecular flexibility index (Phi) is 6.95. The van der Waals surface area contributed by atoms with Crippen molar-refractivity contribution in [3.8, 4) is 5.75 Å². The van der Waals surface area contributed by atoms with Crippen molar-refractivity contribution >= 4 is 28.9 Å². The highest BCUT2D eigenvalue weighted by atomic mass is 35.5. The van der Waals surface area contributed by atoms with E-state index in [4.69, 9.17) is 10.5 Å².